The third kappa shape index (κ3) is 5.59. The number of rotatable bonds is 6. The van der Waals surface area contributed by atoms with E-state index in [9.17, 15) is 21.6 Å². The van der Waals surface area contributed by atoms with Gasteiger partial charge < -0.3 is 15.6 Å². The highest BCUT2D eigenvalue weighted by atomic mass is 32.2. The van der Waals surface area contributed by atoms with Crippen molar-refractivity contribution >= 4 is 39.0 Å². The van der Waals surface area contributed by atoms with Crippen molar-refractivity contribution in [2.45, 2.75) is 35.9 Å². The van der Waals surface area contributed by atoms with E-state index in [0.29, 0.717) is 53.1 Å². The molecule has 3 heterocycles. The summed E-state index contributed by atoms with van der Waals surface area (Å²) in [5.74, 6) is 0.321. The van der Waals surface area contributed by atoms with Gasteiger partial charge in [-0.3, -0.25) is 0 Å². The van der Waals surface area contributed by atoms with Gasteiger partial charge in [0.25, 0.3) is 0 Å². The van der Waals surface area contributed by atoms with Gasteiger partial charge in [0, 0.05) is 29.2 Å². The summed E-state index contributed by atoms with van der Waals surface area (Å²) in [5, 5.41) is 5.41. The van der Waals surface area contributed by atoms with Crippen LogP contribution in [0.15, 0.2) is 54.8 Å². The summed E-state index contributed by atoms with van der Waals surface area (Å²) in [5.41, 5.74) is 1.57. The first-order valence-electron chi connectivity index (χ1n) is 11.8. The second-order valence-electron chi connectivity index (χ2n) is 8.99. The Labute approximate surface area is 211 Å². The number of halogens is 3. The molecule has 1 unspecified atom stereocenters. The second-order valence-corrected chi connectivity index (χ2v) is 11.4. The van der Waals surface area contributed by atoms with Crippen molar-refractivity contribution in [2.75, 3.05) is 18.4 Å². The SMILES string of the molecule is O=S(=O)(C1C=CC(Nc2ncc(/C=C/c3cc(C(F)(F)F)cc4[nH]cnc34)cn2)=CC1)C1CCNCC1. The number of benzene rings is 1. The van der Waals surface area contributed by atoms with Crippen LogP contribution < -0.4 is 10.6 Å². The third-order valence-corrected chi connectivity index (χ3v) is 9.09. The molecule has 1 aliphatic carbocycles. The molecule has 2 aromatic heterocycles. The van der Waals surface area contributed by atoms with Gasteiger partial charge in [-0.1, -0.05) is 24.3 Å². The number of aromatic nitrogens is 4. The Hall–Kier alpha value is -3.51. The number of imidazole rings is 1. The van der Waals surface area contributed by atoms with Gasteiger partial charge in [-0.25, -0.2) is 23.4 Å². The fourth-order valence-corrected chi connectivity index (χ4v) is 6.53. The molecule has 1 fully saturated rings. The highest BCUT2D eigenvalue weighted by Gasteiger charge is 2.34. The van der Waals surface area contributed by atoms with Crippen LogP contribution in [0.2, 0.25) is 0 Å². The quantitative estimate of drug-likeness (QED) is 0.435. The first-order chi connectivity index (χ1) is 17.7. The third-order valence-electron chi connectivity index (χ3n) is 6.50. The summed E-state index contributed by atoms with van der Waals surface area (Å²) in [7, 11) is -3.24. The Morgan fingerprint density at radius 3 is 2.49 bits per heavy atom. The van der Waals surface area contributed by atoms with Gasteiger partial charge in [-0.2, -0.15) is 13.2 Å². The lowest BCUT2D eigenvalue weighted by Gasteiger charge is -2.27. The molecule has 1 aliphatic heterocycles. The standard InChI is InChI=1S/C25H25F3N6O2S/c26-25(27,28)18-11-17(23-22(12-18)32-15-33-23)2-1-16-13-30-24(31-14-16)34-19-3-5-20(6-4-19)37(35,36)21-7-9-29-10-8-21/h1-5,11-15,20-21,29H,6-10H2,(H,32,33)(H,30,31,34)/b2-1+. The van der Waals surface area contributed by atoms with Crippen LogP contribution in [0.4, 0.5) is 19.1 Å². The Kier molecular flexibility index (Phi) is 6.86. The number of hydrogen-bond donors (Lipinski definition) is 3. The number of aromatic amines is 1. The van der Waals surface area contributed by atoms with Crippen LogP contribution in [0, 0.1) is 0 Å². The van der Waals surface area contributed by atoms with Gasteiger partial charge >= 0.3 is 6.18 Å². The van der Waals surface area contributed by atoms with Gasteiger partial charge in [-0.15, -0.1) is 0 Å². The van der Waals surface area contributed by atoms with Crippen LogP contribution in [0.5, 0.6) is 0 Å². The molecule has 3 N–H and O–H groups in total. The molecular formula is C25H25F3N6O2S. The lowest BCUT2D eigenvalue weighted by atomic mass is 10.1. The normalized spacial score (nSPS) is 19.4. The molecule has 1 atom stereocenters. The predicted molar refractivity (Wildman–Crippen MR) is 136 cm³/mol. The average Bonchev–Trinajstić information content (AvgIpc) is 3.38. The molecule has 2 aliphatic rings. The number of allylic oxidation sites excluding steroid dienone is 2. The zero-order valence-corrected chi connectivity index (χ0v) is 20.5. The van der Waals surface area contributed by atoms with Gasteiger partial charge in [0.1, 0.15) is 0 Å². The molecule has 3 aromatic rings. The molecule has 12 heteroatoms. The minimum Gasteiger partial charge on any atom is -0.345 e. The van der Waals surface area contributed by atoms with E-state index < -0.39 is 26.8 Å². The first-order valence-corrected chi connectivity index (χ1v) is 13.4. The maximum Gasteiger partial charge on any atom is 0.416 e. The van der Waals surface area contributed by atoms with E-state index in [1.165, 1.54) is 6.33 Å². The van der Waals surface area contributed by atoms with E-state index in [2.05, 4.69) is 30.6 Å². The summed E-state index contributed by atoms with van der Waals surface area (Å²) >= 11 is 0. The maximum absolute atomic E-state index is 13.2. The number of nitrogens with zero attached hydrogens (tertiary/aromatic N) is 3. The number of hydrogen-bond acceptors (Lipinski definition) is 7. The smallest absolute Gasteiger partial charge is 0.345 e. The lowest BCUT2D eigenvalue weighted by molar-refractivity contribution is -0.137. The molecule has 37 heavy (non-hydrogen) atoms. The zero-order chi connectivity index (χ0) is 26.0. The minimum atomic E-state index is -4.47. The number of sulfone groups is 1. The zero-order valence-electron chi connectivity index (χ0n) is 19.7. The number of nitrogens with one attached hydrogen (secondary N) is 3. The van der Waals surface area contributed by atoms with Crippen molar-refractivity contribution in [3.63, 3.8) is 0 Å². The van der Waals surface area contributed by atoms with E-state index in [1.54, 1.807) is 36.7 Å². The first kappa shape index (κ1) is 25.2. The molecule has 5 rings (SSSR count). The monoisotopic (exact) mass is 530 g/mol. The van der Waals surface area contributed by atoms with Crippen LogP contribution in [-0.2, 0) is 16.0 Å². The van der Waals surface area contributed by atoms with E-state index in [1.807, 2.05) is 6.08 Å². The van der Waals surface area contributed by atoms with Crippen molar-refractivity contribution < 1.29 is 21.6 Å². The largest absolute Gasteiger partial charge is 0.416 e. The summed E-state index contributed by atoms with van der Waals surface area (Å²) in [6, 6.07) is 2.08. The molecule has 1 saturated heterocycles. The van der Waals surface area contributed by atoms with Crippen LogP contribution in [-0.4, -0.2) is 51.9 Å². The van der Waals surface area contributed by atoms with Crippen molar-refractivity contribution in [1.82, 2.24) is 25.3 Å². The maximum atomic E-state index is 13.2. The Bertz CT molecular complexity index is 1470. The summed E-state index contributed by atoms with van der Waals surface area (Å²) in [4.78, 5) is 15.4. The molecule has 0 spiro atoms. The summed E-state index contributed by atoms with van der Waals surface area (Å²) < 4.78 is 65.5. The molecule has 0 amide bonds. The van der Waals surface area contributed by atoms with Crippen molar-refractivity contribution in [2.24, 2.45) is 0 Å². The van der Waals surface area contributed by atoms with E-state index in [-0.39, 0.29) is 5.25 Å². The van der Waals surface area contributed by atoms with Crippen molar-refractivity contribution in [3.05, 3.63) is 71.5 Å². The molecule has 0 saturated carbocycles. The number of fused-ring (bicyclic) bond motifs is 1. The molecule has 8 nitrogen and oxygen atoms in total. The van der Waals surface area contributed by atoms with Crippen LogP contribution >= 0.6 is 0 Å². The minimum absolute atomic E-state index is 0.296. The second kappa shape index (κ2) is 10.1. The predicted octanol–water partition coefficient (Wildman–Crippen LogP) is 4.33. The molecule has 1 aromatic carbocycles. The van der Waals surface area contributed by atoms with Gasteiger partial charge in [0.05, 0.1) is 33.4 Å². The van der Waals surface area contributed by atoms with Gasteiger partial charge in [-0.05, 0) is 50.6 Å². The topological polar surface area (TPSA) is 113 Å². The average molecular weight is 531 g/mol. The number of alkyl halides is 3. The lowest BCUT2D eigenvalue weighted by Crippen LogP contribution is -2.40. The Balaban J connectivity index is 1.24. The Morgan fingerprint density at radius 2 is 1.81 bits per heavy atom. The summed E-state index contributed by atoms with van der Waals surface area (Å²) in [6.07, 6.45) is 10.0. The fraction of sp³-hybridized carbons (Fsp3) is 0.320. The molecule has 0 bridgehead atoms. The van der Waals surface area contributed by atoms with Crippen LogP contribution in [0.1, 0.15) is 36.0 Å². The van der Waals surface area contributed by atoms with Crippen molar-refractivity contribution in [3.8, 4) is 0 Å². The molecule has 194 valence electrons. The highest BCUT2D eigenvalue weighted by molar-refractivity contribution is 7.92. The molecule has 0 radical (unpaired) electrons. The van der Waals surface area contributed by atoms with E-state index in [0.717, 1.165) is 25.2 Å². The van der Waals surface area contributed by atoms with E-state index >= 15 is 0 Å². The number of anilines is 1. The Morgan fingerprint density at radius 1 is 1.05 bits per heavy atom. The number of H-pyrrole nitrogens is 1. The van der Waals surface area contributed by atoms with Gasteiger partial charge in [0.15, 0.2) is 9.84 Å². The highest BCUT2D eigenvalue weighted by Crippen LogP contribution is 2.33. The van der Waals surface area contributed by atoms with Crippen LogP contribution in [0.25, 0.3) is 23.2 Å². The van der Waals surface area contributed by atoms with Crippen molar-refractivity contribution in [1.29, 1.82) is 0 Å². The van der Waals surface area contributed by atoms with Gasteiger partial charge in [0.2, 0.25) is 5.95 Å². The van der Waals surface area contributed by atoms with E-state index in [4.69, 9.17) is 0 Å². The van der Waals surface area contributed by atoms with Crippen LogP contribution in [0.3, 0.4) is 0 Å². The fourth-order valence-electron chi connectivity index (χ4n) is 4.48. The number of piperidine rings is 1. The molecular weight excluding hydrogens is 505 g/mol. The summed E-state index contributed by atoms with van der Waals surface area (Å²) in [6.45, 7) is 1.44.